The number of aliphatic hydroxyl groups is 1. The summed E-state index contributed by atoms with van der Waals surface area (Å²) in [6, 6.07) is 4.39. The van der Waals surface area contributed by atoms with Crippen LogP contribution in [0.2, 0.25) is 0 Å². The van der Waals surface area contributed by atoms with Crippen molar-refractivity contribution in [2.75, 3.05) is 0 Å². The minimum Gasteiger partial charge on any atom is -0.377 e. The van der Waals surface area contributed by atoms with Gasteiger partial charge in [0.15, 0.2) is 5.60 Å². The topological polar surface area (TPSA) is 76.7 Å². The maximum absolute atomic E-state index is 15.7. The van der Waals surface area contributed by atoms with Gasteiger partial charge in [-0.2, -0.15) is 30.7 Å². The Hall–Kier alpha value is -4.01. The maximum atomic E-state index is 15.7. The number of rotatable bonds is 7. The van der Waals surface area contributed by atoms with Crippen molar-refractivity contribution in [3.63, 3.8) is 0 Å². The van der Waals surface area contributed by atoms with Gasteiger partial charge in [-0.15, -0.1) is 5.10 Å². The number of benzene rings is 2. The third-order valence-electron chi connectivity index (χ3n) is 5.70. The molecule has 6 nitrogen and oxygen atoms in total. The predicted octanol–water partition coefficient (Wildman–Crippen LogP) is 5.19. The number of aromatic nitrogens is 5. The van der Waals surface area contributed by atoms with Crippen LogP contribution in [0.25, 0.3) is 0 Å². The summed E-state index contributed by atoms with van der Waals surface area (Å²) >= 11 is 0. The van der Waals surface area contributed by atoms with E-state index in [4.69, 9.17) is 0 Å². The Morgan fingerprint density at radius 2 is 1.42 bits per heavy atom. The Balaban J connectivity index is 1.72. The minimum absolute atomic E-state index is 0.261. The summed E-state index contributed by atoms with van der Waals surface area (Å²) in [7, 11) is 0. The van der Waals surface area contributed by atoms with Crippen molar-refractivity contribution in [1.82, 2.24) is 25.2 Å². The van der Waals surface area contributed by atoms with Crippen LogP contribution in [-0.2, 0) is 30.2 Å². The monoisotopic (exact) mass is 547 g/mol. The van der Waals surface area contributed by atoms with E-state index in [0.29, 0.717) is 59.4 Å². The summed E-state index contributed by atoms with van der Waals surface area (Å²) in [5.74, 6) is -11.1. The van der Waals surface area contributed by atoms with E-state index < -0.39 is 69.7 Å². The first-order valence-electron chi connectivity index (χ1n) is 10.5. The number of hydrogen-bond donors (Lipinski definition) is 1. The largest absolute Gasteiger partial charge is 0.416 e. The summed E-state index contributed by atoms with van der Waals surface area (Å²) in [4.78, 5) is 3.34. The molecule has 0 saturated heterocycles. The smallest absolute Gasteiger partial charge is 0.377 e. The highest BCUT2D eigenvalue weighted by Crippen LogP contribution is 2.47. The molecule has 0 aliphatic rings. The first-order chi connectivity index (χ1) is 17.7. The van der Waals surface area contributed by atoms with E-state index in [1.165, 1.54) is 0 Å². The summed E-state index contributed by atoms with van der Waals surface area (Å²) in [6.07, 6.45) is -3.57. The number of hydrogen-bond acceptors (Lipinski definition) is 5. The zero-order valence-corrected chi connectivity index (χ0v) is 18.6. The van der Waals surface area contributed by atoms with Crippen molar-refractivity contribution < 1.29 is 44.6 Å². The summed E-state index contributed by atoms with van der Waals surface area (Å²) in [5, 5.41) is 20.9. The van der Waals surface area contributed by atoms with E-state index in [1.807, 2.05) is 0 Å². The molecule has 1 atom stereocenters. The molecule has 2 aromatic carbocycles. The molecule has 0 aliphatic heterocycles. The van der Waals surface area contributed by atoms with E-state index in [9.17, 15) is 35.8 Å². The number of pyridine rings is 1. The second-order valence-electron chi connectivity index (χ2n) is 8.15. The van der Waals surface area contributed by atoms with Crippen LogP contribution in [-0.4, -0.2) is 30.3 Å². The van der Waals surface area contributed by atoms with Gasteiger partial charge in [-0.25, -0.2) is 13.5 Å². The van der Waals surface area contributed by atoms with Crippen LogP contribution in [0.15, 0.2) is 67.1 Å². The van der Waals surface area contributed by atoms with E-state index in [1.54, 1.807) is 0 Å². The number of halogens is 9. The molecule has 0 bridgehead atoms. The average Bonchev–Trinajstić information content (AvgIpc) is 3.36. The van der Waals surface area contributed by atoms with E-state index in [2.05, 4.69) is 20.5 Å². The van der Waals surface area contributed by atoms with Gasteiger partial charge < -0.3 is 5.11 Å². The van der Waals surface area contributed by atoms with Gasteiger partial charge in [-0.1, -0.05) is 12.1 Å². The molecule has 0 saturated carbocycles. The molecule has 0 spiro atoms. The van der Waals surface area contributed by atoms with Crippen LogP contribution >= 0.6 is 0 Å². The fraction of sp³-hybridized carbons (Fsp3) is 0.217. The highest BCUT2D eigenvalue weighted by atomic mass is 19.4. The Morgan fingerprint density at radius 1 is 0.789 bits per heavy atom. The molecule has 4 aromatic rings. The molecule has 0 radical (unpaired) electrons. The lowest BCUT2D eigenvalue weighted by Gasteiger charge is -2.35. The highest BCUT2D eigenvalue weighted by molar-refractivity contribution is 5.37. The standard InChI is InChI=1S/C23H14F9N5O/c24-16-6-7-17(18(25)9-16)20(38,11-37-12-34-35-36-37)22(28,29)19-8-5-15(10-33-19)21(26,27)13-1-3-14(4-2-13)23(30,31)32/h1-10,12,38H,11H2. The molecule has 0 aliphatic carbocycles. The summed E-state index contributed by atoms with van der Waals surface area (Å²) in [6.45, 7) is -1.15. The molecule has 0 amide bonds. The molecular formula is C23H14F9N5O. The first-order valence-corrected chi connectivity index (χ1v) is 10.5. The van der Waals surface area contributed by atoms with Gasteiger partial charge in [0.1, 0.15) is 23.7 Å². The molecule has 2 heterocycles. The average molecular weight is 547 g/mol. The molecule has 0 fully saturated rings. The van der Waals surface area contributed by atoms with Crippen LogP contribution in [0.1, 0.15) is 27.9 Å². The Morgan fingerprint density at radius 3 is 1.95 bits per heavy atom. The van der Waals surface area contributed by atoms with Crippen molar-refractivity contribution in [3.8, 4) is 0 Å². The number of tetrazole rings is 1. The van der Waals surface area contributed by atoms with Crippen LogP contribution < -0.4 is 0 Å². The van der Waals surface area contributed by atoms with Crippen LogP contribution in [0.4, 0.5) is 39.5 Å². The maximum Gasteiger partial charge on any atom is 0.416 e. The van der Waals surface area contributed by atoms with Gasteiger partial charge >= 0.3 is 12.1 Å². The fourth-order valence-electron chi connectivity index (χ4n) is 3.68. The Labute approximate surface area is 207 Å². The Kier molecular flexibility index (Phi) is 6.67. The van der Waals surface area contributed by atoms with Gasteiger partial charge in [-0.3, -0.25) is 4.98 Å². The molecule has 4 rings (SSSR count). The van der Waals surface area contributed by atoms with Crippen molar-refractivity contribution in [2.45, 2.75) is 30.2 Å². The molecule has 1 unspecified atom stereocenters. The van der Waals surface area contributed by atoms with Crippen molar-refractivity contribution in [2.24, 2.45) is 0 Å². The molecule has 38 heavy (non-hydrogen) atoms. The van der Waals surface area contributed by atoms with Crippen LogP contribution in [0.5, 0.6) is 0 Å². The lowest BCUT2D eigenvalue weighted by Crippen LogP contribution is -2.48. The van der Waals surface area contributed by atoms with Gasteiger partial charge in [0.05, 0.1) is 12.1 Å². The van der Waals surface area contributed by atoms with Crippen LogP contribution in [0, 0.1) is 11.6 Å². The quantitative estimate of drug-likeness (QED) is 0.323. The van der Waals surface area contributed by atoms with Crippen LogP contribution in [0.3, 0.4) is 0 Å². The normalized spacial score (nSPS) is 14.4. The lowest BCUT2D eigenvalue weighted by molar-refractivity contribution is -0.207. The first kappa shape index (κ1) is 27.0. The van der Waals surface area contributed by atoms with Gasteiger partial charge in [-0.05, 0) is 46.8 Å². The molecular weight excluding hydrogens is 533 g/mol. The SMILES string of the molecule is OC(Cn1cnnn1)(c1ccc(F)cc1F)C(F)(F)c1ccc(C(F)(F)c2ccc(C(F)(F)F)cc2)cn1. The molecule has 200 valence electrons. The van der Waals surface area contributed by atoms with E-state index in [0.717, 1.165) is 6.33 Å². The zero-order chi connectivity index (χ0) is 27.9. The second-order valence-corrected chi connectivity index (χ2v) is 8.15. The van der Waals surface area contributed by atoms with Gasteiger partial charge in [0, 0.05) is 29.0 Å². The fourth-order valence-corrected chi connectivity index (χ4v) is 3.68. The van der Waals surface area contributed by atoms with Crippen molar-refractivity contribution >= 4 is 0 Å². The summed E-state index contributed by atoms with van der Waals surface area (Å²) in [5.41, 5.74) is -8.79. The second kappa shape index (κ2) is 9.38. The third kappa shape index (κ3) is 4.80. The van der Waals surface area contributed by atoms with Crippen molar-refractivity contribution in [1.29, 1.82) is 0 Å². The molecule has 15 heteroatoms. The Bertz CT molecular complexity index is 1410. The van der Waals surface area contributed by atoms with E-state index in [-0.39, 0.29) is 6.07 Å². The zero-order valence-electron chi connectivity index (χ0n) is 18.6. The highest BCUT2D eigenvalue weighted by Gasteiger charge is 2.58. The molecule has 1 N–H and O–H groups in total. The summed E-state index contributed by atoms with van der Waals surface area (Å²) < 4.78 is 128. The molecule has 2 aromatic heterocycles. The lowest BCUT2D eigenvalue weighted by atomic mass is 9.84. The van der Waals surface area contributed by atoms with Gasteiger partial charge in [0.2, 0.25) is 0 Å². The van der Waals surface area contributed by atoms with Gasteiger partial charge in [0.25, 0.3) is 5.92 Å². The van der Waals surface area contributed by atoms with E-state index >= 15 is 8.78 Å². The number of nitrogens with zero attached hydrogens (tertiary/aromatic N) is 5. The number of alkyl halides is 7. The van der Waals surface area contributed by atoms with Crippen molar-refractivity contribution in [3.05, 3.63) is 107 Å². The minimum atomic E-state index is -4.76. The predicted molar refractivity (Wildman–Crippen MR) is 111 cm³/mol. The third-order valence-corrected chi connectivity index (χ3v) is 5.70.